The molecule has 1 heterocycles. The lowest BCUT2D eigenvalue weighted by Gasteiger charge is -2.24. The second kappa shape index (κ2) is 2.02. The average molecular weight is 118 g/mol. The monoisotopic (exact) mass is 118 g/mol. The molecule has 1 fully saturated rings. The number of ether oxygens (including phenoxy) is 1. The Morgan fingerprint density at radius 3 is 2.62 bits per heavy atom. The SMILES string of the molecule is CC1(F)CCCOC1. The largest absolute Gasteiger partial charge is 0.378 e. The predicted octanol–water partition coefficient (Wildman–Crippen LogP) is 1.52. The van der Waals surface area contributed by atoms with E-state index in [1.54, 1.807) is 6.92 Å². The fourth-order valence-corrected chi connectivity index (χ4v) is 0.900. The van der Waals surface area contributed by atoms with Crippen LogP contribution in [0.15, 0.2) is 0 Å². The Hall–Kier alpha value is -0.110. The van der Waals surface area contributed by atoms with Crippen LogP contribution in [0.2, 0.25) is 0 Å². The Kier molecular flexibility index (Phi) is 1.52. The summed E-state index contributed by atoms with van der Waals surface area (Å²) in [6.07, 6.45) is 1.53. The number of alkyl halides is 1. The molecule has 0 amide bonds. The molecule has 8 heavy (non-hydrogen) atoms. The third-order valence-electron chi connectivity index (χ3n) is 1.39. The van der Waals surface area contributed by atoms with Gasteiger partial charge in [-0.3, -0.25) is 0 Å². The molecule has 0 radical (unpaired) electrons. The number of halogens is 1. The van der Waals surface area contributed by atoms with E-state index in [9.17, 15) is 4.39 Å². The molecule has 1 rings (SSSR count). The topological polar surface area (TPSA) is 9.23 Å². The minimum atomic E-state index is -1.04. The van der Waals surface area contributed by atoms with Gasteiger partial charge in [0, 0.05) is 6.61 Å². The normalized spacial score (nSPS) is 39.8. The summed E-state index contributed by atoms with van der Waals surface area (Å²) >= 11 is 0. The van der Waals surface area contributed by atoms with Gasteiger partial charge in [0.2, 0.25) is 0 Å². The zero-order chi connectivity index (χ0) is 6.04. The molecule has 1 saturated heterocycles. The van der Waals surface area contributed by atoms with E-state index >= 15 is 0 Å². The van der Waals surface area contributed by atoms with E-state index in [0.29, 0.717) is 6.42 Å². The Bertz CT molecular complexity index is 72.6. The molecule has 0 saturated carbocycles. The first-order valence-electron chi connectivity index (χ1n) is 2.97. The van der Waals surface area contributed by atoms with Gasteiger partial charge in [-0.1, -0.05) is 0 Å². The maximum absolute atomic E-state index is 12.7. The van der Waals surface area contributed by atoms with Crippen molar-refractivity contribution >= 4 is 0 Å². The molecule has 1 nitrogen and oxygen atoms in total. The third kappa shape index (κ3) is 1.44. The first-order valence-corrected chi connectivity index (χ1v) is 2.97. The minimum Gasteiger partial charge on any atom is -0.378 e. The zero-order valence-electron chi connectivity index (χ0n) is 5.11. The molecule has 1 aliphatic heterocycles. The van der Waals surface area contributed by atoms with Crippen molar-refractivity contribution in [3.05, 3.63) is 0 Å². The summed E-state index contributed by atoms with van der Waals surface area (Å²) in [7, 11) is 0. The molecule has 1 aliphatic rings. The summed E-state index contributed by atoms with van der Waals surface area (Å²) in [5.41, 5.74) is -1.04. The molecular weight excluding hydrogens is 107 g/mol. The fourth-order valence-electron chi connectivity index (χ4n) is 0.900. The highest BCUT2D eigenvalue weighted by atomic mass is 19.1. The minimum absolute atomic E-state index is 0.285. The Morgan fingerprint density at radius 1 is 1.62 bits per heavy atom. The van der Waals surface area contributed by atoms with Gasteiger partial charge in [0.25, 0.3) is 0 Å². The first-order chi connectivity index (χ1) is 3.71. The highest BCUT2D eigenvalue weighted by Gasteiger charge is 2.25. The van der Waals surface area contributed by atoms with Crippen LogP contribution in [-0.2, 0) is 4.74 Å². The fraction of sp³-hybridized carbons (Fsp3) is 1.00. The molecule has 2 heteroatoms. The van der Waals surface area contributed by atoms with Gasteiger partial charge in [-0.15, -0.1) is 0 Å². The molecule has 0 N–H and O–H groups in total. The van der Waals surface area contributed by atoms with Crippen molar-refractivity contribution in [3.8, 4) is 0 Å². The lowest BCUT2D eigenvalue weighted by molar-refractivity contribution is -0.0201. The van der Waals surface area contributed by atoms with Gasteiger partial charge in [-0.05, 0) is 19.8 Å². The standard InChI is InChI=1S/C6H11FO/c1-6(7)3-2-4-8-5-6/h2-5H2,1H3. The van der Waals surface area contributed by atoms with Gasteiger partial charge in [-0.2, -0.15) is 0 Å². The van der Waals surface area contributed by atoms with Gasteiger partial charge < -0.3 is 4.74 Å². The van der Waals surface area contributed by atoms with E-state index in [4.69, 9.17) is 4.74 Å². The maximum Gasteiger partial charge on any atom is 0.131 e. The molecule has 0 spiro atoms. The lowest BCUT2D eigenvalue weighted by Crippen LogP contribution is -2.30. The second-order valence-electron chi connectivity index (χ2n) is 2.57. The predicted molar refractivity (Wildman–Crippen MR) is 29.6 cm³/mol. The smallest absolute Gasteiger partial charge is 0.131 e. The van der Waals surface area contributed by atoms with E-state index in [-0.39, 0.29) is 6.61 Å². The van der Waals surface area contributed by atoms with Crippen LogP contribution in [0.25, 0.3) is 0 Å². The zero-order valence-corrected chi connectivity index (χ0v) is 5.11. The summed E-state index contributed by atoms with van der Waals surface area (Å²) in [5.74, 6) is 0. The quantitative estimate of drug-likeness (QED) is 0.468. The Balaban J connectivity index is 2.33. The van der Waals surface area contributed by atoms with Crippen molar-refractivity contribution in [1.82, 2.24) is 0 Å². The summed E-state index contributed by atoms with van der Waals surface area (Å²) in [5, 5.41) is 0. The van der Waals surface area contributed by atoms with Crippen LogP contribution in [0.3, 0.4) is 0 Å². The Labute approximate surface area is 48.8 Å². The molecule has 0 bridgehead atoms. The van der Waals surface area contributed by atoms with Crippen molar-refractivity contribution in [1.29, 1.82) is 0 Å². The van der Waals surface area contributed by atoms with Crippen molar-refractivity contribution in [2.45, 2.75) is 25.4 Å². The van der Waals surface area contributed by atoms with Crippen molar-refractivity contribution in [3.63, 3.8) is 0 Å². The summed E-state index contributed by atoms with van der Waals surface area (Å²) in [4.78, 5) is 0. The van der Waals surface area contributed by atoms with Crippen LogP contribution in [0.1, 0.15) is 19.8 Å². The second-order valence-corrected chi connectivity index (χ2v) is 2.57. The van der Waals surface area contributed by atoms with Gasteiger partial charge in [0.15, 0.2) is 0 Å². The van der Waals surface area contributed by atoms with Crippen LogP contribution >= 0.6 is 0 Å². The molecule has 1 atom stereocenters. The first kappa shape index (κ1) is 6.02. The van der Waals surface area contributed by atoms with Crippen molar-refractivity contribution in [2.24, 2.45) is 0 Å². The molecule has 48 valence electrons. The van der Waals surface area contributed by atoms with E-state index in [1.165, 1.54) is 0 Å². The third-order valence-corrected chi connectivity index (χ3v) is 1.39. The summed E-state index contributed by atoms with van der Waals surface area (Å²) < 4.78 is 17.7. The Morgan fingerprint density at radius 2 is 2.38 bits per heavy atom. The van der Waals surface area contributed by atoms with Crippen LogP contribution in [-0.4, -0.2) is 18.9 Å². The molecule has 0 aromatic rings. The summed E-state index contributed by atoms with van der Waals surface area (Å²) in [6, 6.07) is 0. The molecule has 0 aromatic heterocycles. The van der Waals surface area contributed by atoms with Gasteiger partial charge >= 0.3 is 0 Å². The molecule has 0 aromatic carbocycles. The highest BCUT2D eigenvalue weighted by Crippen LogP contribution is 2.21. The van der Waals surface area contributed by atoms with Crippen LogP contribution in [0.5, 0.6) is 0 Å². The molecule has 1 unspecified atom stereocenters. The van der Waals surface area contributed by atoms with Crippen molar-refractivity contribution < 1.29 is 9.13 Å². The molecule has 0 aliphatic carbocycles. The number of hydrogen-bond donors (Lipinski definition) is 0. The maximum atomic E-state index is 12.7. The van der Waals surface area contributed by atoms with Crippen LogP contribution < -0.4 is 0 Å². The van der Waals surface area contributed by atoms with E-state index in [0.717, 1.165) is 13.0 Å². The van der Waals surface area contributed by atoms with E-state index in [2.05, 4.69) is 0 Å². The highest BCUT2D eigenvalue weighted by molar-refractivity contribution is 4.75. The van der Waals surface area contributed by atoms with Crippen LogP contribution in [0, 0.1) is 0 Å². The lowest BCUT2D eigenvalue weighted by atomic mass is 10.0. The van der Waals surface area contributed by atoms with Gasteiger partial charge in [0.05, 0.1) is 6.61 Å². The van der Waals surface area contributed by atoms with E-state index in [1.807, 2.05) is 0 Å². The number of rotatable bonds is 0. The van der Waals surface area contributed by atoms with Gasteiger partial charge in [0.1, 0.15) is 5.67 Å². The van der Waals surface area contributed by atoms with Gasteiger partial charge in [-0.25, -0.2) is 4.39 Å². The summed E-state index contributed by atoms with van der Waals surface area (Å²) in [6.45, 7) is 2.61. The van der Waals surface area contributed by atoms with Crippen LogP contribution in [0.4, 0.5) is 4.39 Å². The molecular formula is C6H11FO. The van der Waals surface area contributed by atoms with Crippen molar-refractivity contribution in [2.75, 3.05) is 13.2 Å². The average Bonchev–Trinajstić information content (AvgIpc) is 1.65. The van der Waals surface area contributed by atoms with E-state index < -0.39 is 5.67 Å². The number of hydrogen-bond acceptors (Lipinski definition) is 1.